The van der Waals surface area contributed by atoms with E-state index in [1.54, 1.807) is 18.2 Å². The van der Waals surface area contributed by atoms with Gasteiger partial charge in [-0.25, -0.2) is 4.79 Å². The molecule has 2 N–H and O–H groups in total. The van der Waals surface area contributed by atoms with Crippen molar-refractivity contribution in [2.24, 2.45) is 0 Å². The van der Waals surface area contributed by atoms with Crippen molar-refractivity contribution in [1.29, 1.82) is 0 Å². The van der Waals surface area contributed by atoms with Gasteiger partial charge in [0.1, 0.15) is 5.69 Å². The number of piperazine rings is 1. The van der Waals surface area contributed by atoms with E-state index in [4.69, 9.17) is 16.3 Å². The maximum atomic E-state index is 12.9. The van der Waals surface area contributed by atoms with Crippen LogP contribution in [-0.2, 0) is 9.53 Å². The minimum atomic E-state index is -0.540. The molecule has 3 rings (SSSR count). The summed E-state index contributed by atoms with van der Waals surface area (Å²) in [6.45, 7) is 8.62. The minimum absolute atomic E-state index is 0.161. The van der Waals surface area contributed by atoms with Crippen LogP contribution in [0.15, 0.2) is 18.2 Å². The summed E-state index contributed by atoms with van der Waals surface area (Å²) in [6.07, 6.45) is 0. The number of amides is 1. The lowest BCUT2D eigenvalue weighted by molar-refractivity contribution is -0.121. The van der Waals surface area contributed by atoms with E-state index in [0.717, 1.165) is 32.7 Å². The fourth-order valence-corrected chi connectivity index (χ4v) is 3.58. The molecule has 1 aromatic carbocycles. The third-order valence-corrected chi connectivity index (χ3v) is 5.41. The van der Waals surface area contributed by atoms with Gasteiger partial charge in [-0.2, -0.15) is 0 Å². The van der Waals surface area contributed by atoms with E-state index in [0.29, 0.717) is 21.6 Å². The molecule has 0 radical (unpaired) electrons. The average Bonchev–Trinajstić information content (AvgIpc) is 3.04. The minimum Gasteiger partial charge on any atom is -0.464 e. The summed E-state index contributed by atoms with van der Waals surface area (Å²) >= 11 is 6.11. The highest BCUT2D eigenvalue weighted by molar-refractivity contribution is 6.31. The van der Waals surface area contributed by atoms with Crippen LogP contribution in [0, 0.1) is 0 Å². The second kappa shape index (κ2) is 8.29. The summed E-state index contributed by atoms with van der Waals surface area (Å²) in [7, 11) is 1.31. The number of fused-ring (bicyclic) bond motifs is 1. The normalized spacial score (nSPS) is 17.0. The molecule has 1 fully saturated rings. The molecule has 2 aromatic rings. The summed E-state index contributed by atoms with van der Waals surface area (Å²) in [4.78, 5) is 32.6. The Hall–Kier alpha value is -2.09. The van der Waals surface area contributed by atoms with E-state index in [1.807, 2.05) is 6.92 Å². The lowest BCUT2D eigenvalue weighted by atomic mass is 10.2. The van der Waals surface area contributed by atoms with Crippen LogP contribution < -0.4 is 5.32 Å². The summed E-state index contributed by atoms with van der Waals surface area (Å²) < 4.78 is 4.85. The second-order valence-corrected chi connectivity index (χ2v) is 7.13. The number of aromatic amines is 1. The molecule has 0 bridgehead atoms. The molecular formula is C19H25ClN4O3. The molecule has 1 aliphatic rings. The molecule has 1 atom stereocenters. The van der Waals surface area contributed by atoms with E-state index < -0.39 is 5.97 Å². The van der Waals surface area contributed by atoms with Crippen molar-refractivity contribution in [3.63, 3.8) is 0 Å². The van der Waals surface area contributed by atoms with Crippen molar-refractivity contribution in [2.75, 3.05) is 45.2 Å². The summed E-state index contributed by atoms with van der Waals surface area (Å²) in [5.41, 5.74) is 1.33. The largest absolute Gasteiger partial charge is 0.464 e. The van der Waals surface area contributed by atoms with Gasteiger partial charge in [-0.3, -0.25) is 9.69 Å². The Bertz CT molecular complexity index is 843. The number of benzene rings is 1. The predicted octanol–water partition coefficient (Wildman–Crippen LogP) is 2.57. The van der Waals surface area contributed by atoms with Crippen LogP contribution >= 0.6 is 11.6 Å². The van der Waals surface area contributed by atoms with E-state index in [2.05, 4.69) is 27.0 Å². The number of methoxy groups -OCH3 is 1. The number of hydrogen-bond donors (Lipinski definition) is 2. The molecule has 0 unspecified atom stereocenters. The monoisotopic (exact) mass is 392 g/mol. The number of carbonyl (C=O) groups is 2. The number of aromatic nitrogens is 1. The summed E-state index contributed by atoms with van der Waals surface area (Å²) in [6, 6.07) is 4.91. The number of H-pyrrole nitrogens is 1. The molecule has 7 nitrogen and oxygen atoms in total. The number of ether oxygens (including phenoxy) is 1. The SMILES string of the molecule is CCN1CCN([C@@H](C)C(=O)Nc2c(C(=O)OC)[nH]c3ccc(Cl)cc23)CC1. The molecule has 1 saturated heterocycles. The van der Waals surface area contributed by atoms with Crippen LogP contribution in [0.5, 0.6) is 0 Å². The Balaban J connectivity index is 1.83. The molecule has 0 saturated carbocycles. The highest BCUT2D eigenvalue weighted by atomic mass is 35.5. The maximum absolute atomic E-state index is 12.9. The first-order valence-electron chi connectivity index (χ1n) is 9.11. The zero-order valence-corrected chi connectivity index (χ0v) is 16.6. The number of nitrogens with one attached hydrogen (secondary N) is 2. The summed E-state index contributed by atoms with van der Waals surface area (Å²) in [5, 5.41) is 4.12. The Morgan fingerprint density at radius 1 is 1.30 bits per heavy atom. The lowest BCUT2D eigenvalue weighted by Gasteiger charge is -2.36. The van der Waals surface area contributed by atoms with E-state index >= 15 is 0 Å². The topological polar surface area (TPSA) is 77.7 Å². The van der Waals surface area contributed by atoms with E-state index in [9.17, 15) is 9.59 Å². The molecule has 0 spiro atoms. The van der Waals surface area contributed by atoms with Crippen molar-refractivity contribution in [1.82, 2.24) is 14.8 Å². The number of carbonyl (C=O) groups excluding carboxylic acids is 2. The van der Waals surface area contributed by atoms with Crippen LogP contribution in [-0.4, -0.2) is 72.5 Å². The molecule has 1 amide bonds. The fourth-order valence-electron chi connectivity index (χ4n) is 3.41. The Labute approximate surface area is 163 Å². The fraction of sp³-hybridized carbons (Fsp3) is 0.474. The molecule has 27 heavy (non-hydrogen) atoms. The van der Waals surface area contributed by atoms with E-state index in [-0.39, 0.29) is 17.6 Å². The molecule has 146 valence electrons. The second-order valence-electron chi connectivity index (χ2n) is 6.69. The van der Waals surface area contributed by atoms with Gasteiger partial charge in [-0.15, -0.1) is 0 Å². The summed E-state index contributed by atoms with van der Waals surface area (Å²) in [5.74, 6) is -0.701. The lowest BCUT2D eigenvalue weighted by Crippen LogP contribution is -2.52. The molecule has 2 heterocycles. The van der Waals surface area contributed by atoms with Gasteiger partial charge in [0.25, 0.3) is 0 Å². The third kappa shape index (κ3) is 4.10. The van der Waals surface area contributed by atoms with Crippen LogP contribution in [0.25, 0.3) is 10.9 Å². The zero-order valence-electron chi connectivity index (χ0n) is 15.8. The molecular weight excluding hydrogens is 368 g/mol. The number of esters is 1. The van der Waals surface area contributed by atoms with Crippen LogP contribution in [0.3, 0.4) is 0 Å². The Morgan fingerprint density at radius 2 is 2.00 bits per heavy atom. The number of nitrogens with zero attached hydrogens (tertiary/aromatic N) is 2. The Kier molecular flexibility index (Phi) is 6.04. The van der Waals surface area contributed by atoms with Crippen molar-refractivity contribution in [2.45, 2.75) is 19.9 Å². The maximum Gasteiger partial charge on any atom is 0.356 e. The van der Waals surface area contributed by atoms with Gasteiger partial charge in [0, 0.05) is 42.1 Å². The molecule has 8 heteroatoms. The quantitative estimate of drug-likeness (QED) is 0.765. The van der Waals surface area contributed by atoms with Crippen molar-refractivity contribution in [3.05, 3.63) is 28.9 Å². The van der Waals surface area contributed by atoms with Crippen LogP contribution in [0.1, 0.15) is 24.3 Å². The van der Waals surface area contributed by atoms with Crippen molar-refractivity contribution < 1.29 is 14.3 Å². The zero-order chi connectivity index (χ0) is 19.6. The Morgan fingerprint density at radius 3 is 2.63 bits per heavy atom. The van der Waals surface area contributed by atoms with E-state index in [1.165, 1.54) is 7.11 Å². The smallest absolute Gasteiger partial charge is 0.356 e. The van der Waals surface area contributed by atoms with Gasteiger partial charge in [0.2, 0.25) is 5.91 Å². The highest BCUT2D eigenvalue weighted by Gasteiger charge is 2.27. The number of rotatable bonds is 5. The van der Waals surface area contributed by atoms with Crippen LogP contribution in [0.4, 0.5) is 5.69 Å². The van der Waals surface area contributed by atoms with Crippen molar-refractivity contribution >= 4 is 40.1 Å². The van der Waals surface area contributed by atoms with Crippen LogP contribution in [0.2, 0.25) is 5.02 Å². The van der Waals surface area contributed by atoms with Crippen molar-refractivity contribution in [3.8, 4) is 0 Å². The first kappa shape index (κ1) is 19.7. The third-order valence-electron chi connectivity index (χ3n) is 5.18. The number of hydrogen-bond acceptors (Lipinski definition) is 5. The van der Waals surface area contributed by atoms with Gasteiger partial charge in [0.15, 0.2) is 0 Å². The van der Waals surface area contributed by atoms with Gasteiger partial charge in [0.05, 0.1) is 18.8 Å². The van der Waals surface area contributed by atoms with Gasteiger partial charge < -0.3 is 19.9 Å². The number of likely N-dealkylation sites (N-methyl/N-ethyl adjacent to an activating group) is 1. The van der Waals surface area contributed by atoms with Gasteiger partial charge >= 0.3 is 5.97 Å². The molecule has 1 aliphatic heterocycles. The number of anilines is 1. The standard InChI is InChI=1S/C19H25ClN4O3/c1-4-23-7-9-24(10-8-23)12(2)18(25)22-16-14-11-13(20)5-6-15(14)21-17(16)19(26)27-3/h5-6,11-12,21H,4,7-10H2,1-3H3,(H,22,25)/t12-/m0/s1. The highest BCUT2D eigenvalue weighted by Crippen LogP contribution is 2.31. The first-order chi connectivity index (χ1) is 12.9. The van der Waals surface area contributed by atoms with Gasteiger partial charge in [-0.05, 0) is 31.7 Å². The van der Waals surface area contributed by atoms with Gasteiger partial charge in [-0.1, -0.05) is 18.5 Å². The number of halogens is 1. The predicted molar refractivity (Wildman–Crippen MR) is 106 cm³/mol. The first-order valence-corrected chi connectivity index (χ1v) is 9.49. The molecule has 0 aliphatic carbocycles. The average molecular weight is 393 g/mol. The molecule has 1 aromatic heterocycles.